The SMILES string of the molecule is C#CCOc1cnc(C(=O)Nc2cc(F)c(F)c([C@@]3(C)NC(=NC)S[C@@]4(C(=O)O)C[C@H]43)c2)cn1. The number of amides is 1. The lowest BCUT2D eigenvalue weighted by molar-refractivity contribution is -0.137. The highest BCUT2D eigenvalue weighted by molar-refractivity contribution is 8.16. The summed E-state index contributed by atoms with van der Waals surface area (Å²) in [4.78, 5) is 36.4. The summed E-state index contributed by atoms with van der Waals surface area (Å²) in [5.41, 5.74) is -1.53. The highest BCUT2D eigenvalue weighted by Gasteiger charge is 2.72. The van der Waals surface area contributed by atoms with Crippen LogP contribution in [0.4, 0.5) is 14.5 Å². The van der Waals surface area contributed by atoms with Crippen molar-refractivity contribution in [1.82, 2.24) is 15.3 Å². The minimum absolute atomic E-state index is 0.0161. The molecule has 0 unspecified atom stereocenters. The Hall–Kier alpha value is -3.72. The molecule has 0 bridgehead atoms. The zero-order valence-corrected chi connectivity index (χ0v) is 18.9. The molecule has 3 atom stereocenters. The van der Waals surface area contributed by atoms with Crippen molar-refractivity contribution in [3.8, 4) is 18.2 Å². The minimum Gasteiger partial charge on any atom is -0.480 e. The molecule has 1 aromatic heterocycles. The van der Waals surface area contributed by atoms with Gasteiger partial charge in [0.25, 0.3) is 5.91 Å². The van der Waals surface area contributed by atoms with Gasteiger partial charge in [0.1, 0.15) is 10.4 Å². The van der Waals surface area contributed by atoms with Crippen molar-refractivity contribution in [3.63, 3.8) is 0 Å². The molecule has 34 heavy (non-hydrogen) atoms. The molecule has 1 saturated carbocycles. The number of anilines is 1. The largest absolute Gasteiger partial charge is 0.480 e. The van der Waals surface area contributed by atoms with Gasteiger partial charge in [0.05, 0.1) is 17.9 Å². The summed E-state index contributed by atoms with van der Waals surface area (Å²) in [5.74, 6) is -2.24. The van der Waals surface area contributed by atoms with Gasteiger partial charge < -0.3 is 20.5 Å². The molecule has 0 radical (unpaired) electrons. The molecular weight excluding hydrogens is 468 g/mol. The molecular formula is C22H19F2N5O4S. The third kappa shape index (κ3) is 3.92. The van der Waals surface area contributed by atoms with Crippen LogP contribution in [-0.4, -0.2) is 50.5 Å². The molecule has 2 aromatic rings. The molecule has 1 aliphatic heterocycles. The Morgan fingerprint density at radius 3 is 2.79 bits per heavy atom. The summed E-state index contributed by atoms with van der Waals surface area (Å²) >= 11 is 1.06. The zero-order valence-electron chi connectivity index (χ0n) is 18.1. The third-order valence-electron chi connectivity index (χ3n) is 5.83. The van der Waals surface area contributed by atoms with E-state index in [9.17, 15) is 23.5 Å². The number of terminal acetylenes is 1. The molecule has 4 rings (SSSR count). The number of carboxylic acid groups (broad SMARTS) is 1. The van der Waals surface area contributed by atoms with Gasteiger partial charge in [-0.3, -0.25) is 14.6 Å². The number of hydrogen-bond donors (Lipinski definition) is 3. The highest BCUT2D eigenvalue weighted by atomic mass is 32.2. The minimum atomic E-state index is -1.28. The first-order chi connectivity index (χ1) is 16.1. The standard InChI is InChI=1S/C22H19F2N5O4S/c1-4-5-33-16-10-26-14(9-27-16)18(30)28-11-6-12(17(24)13(23)7-11)21(2)15-8-22(15,19(31)32)34-20(25-3)29-21/h1,6-7,9-10,15H,5,8H2,2-3H3,(H,25,29)(H,28,30)(H,31,32)/t15-,21+,22-/m0/s1. The number of ether oxygens (including phenoxy) is 1. The maximum atomic E-state index is 15.0. The molecule has 2 fully saturated rings. The molecule has 2 aliphatic rings. The summed E-state index contributed by atoms with van der Waals surface area (Å²) in [6, 6.07) is 2.11. The van der Waals surface area contributed by atoms with E-state index in [0.717, 1.165) is 24.0 Å². The van der Waals surface area contributed by atoms with Gasteiger partial charge >= 0.3 is 5.97 Å². The third-order valence-corrected chi connectivity index (χ3v) is 7.30. The molecule has 1 saturated heterocycles. The second-order valence-corrected chi connectivity index (χ2v) is 9.24. The quantitative estimate of drug-likeness (QED) is 0.531. The number of hydrogen-bond acceptors (Lipinski definition) is 7. The fourth-order valence-corrected chi connectivity index (χ4v) is 5.44. The van der Waals surface area contributed by atoms with Crippen molar-refractivity contribution >= 4 is 34.5 Å². The Kier molecular flexibility index (Phi) is 5.91. The van der Waals surface area contributed by atoms with Gasteiger partial charge in [-0.15, -0.1) is 6.42 Å². The Morgan fingerprint density at radius 1 is 1.41 bits per heavy atom. The van der Waals surface area contributed by atoms with Crippen molar-refractivity contribution in [2.24, 2.45) is 10.9 Å². The molecule has 3 N–H and O–H groups in total. The van der Waals surface area contributed by atoms with E-state index in [1.807, 2.05) is 0 Å². The number of halogens is 2. The van der Waals surface area contributed by atoms with Crippen LogP contribution in [0.15, 0.2) is 29.5 Å². The highest BCUT2D eigenvalue weighted by Crippen LogP contribution is 2.65. The van der Waals surface area contributed by atoms with E-state index in [0.29, 0.717) is 5.17 Å². The molecule has 12 heteroatoms. The van der Waals surface area contributed by atoms with Crippen LogP contribution in [-0.2, 0) is 10.3 Å². The first-order valence-electron chi connectivity index (χ1n) is 10.0. The van der Waals surface area contributed by atoms with E-state index in [4.69, 9.17) is 11.2 Å². The summed E-state index contributed by atoms with van der Waals surface area (Å²) in [7, 11) is 1.48. The Morgan fingerprint density at radius 2 is 2.18 bits per heavy atom. The Balaban J connectivity index is 1.64. The number of carbonyl (C=O) groups excluding carboxylic acids is 1. The van der Waals surface area contributed by atoms with Gasteiger partial charge in [0.15, 0.2) is 23.4 Å². The topological polar surface area (TPSA) is 126 Å². The van der Waals surface area contributed by atoms with Crippen molar-refractivity contribution in [2.45, 2.75) is 23.6 Å². The van der Waals surface area contributed by atoms with Crippen molar-refractivity contribution in [2.75, 3.05) is 19.0 Å². The summed E-state index contributed by atoms with van der Waals surface area (Å²) in [6.45, 7) is 1.58. The van der Waals surface area contributed by atoms with Crippen LogP contribution < -0.4 is 15.4 Å². The number of benzene rings is 1. The van der Waals surface area contributed by atoms with Crippen LogP contribution in [0.25, 0.3) is 0 Å². The maximum Gasteiger partial charge on any atom is 0.320 e. The van der Waals surface area contributed by atoms with E-state index < -0.39 is 39.7 Å². The second kappa shape index (κ2) is 8.57. The van der Waals surface area contributed by atoms with Crippen LogP contribution >= 0.6 is 11.8 Å². The number of carbonyl (C=O) groups is 2. The Labute approximate surface area is 197 Å². The monoisotopic (exact) mass is 487 g/mol. The number of fused-ring (bicyclic) bond motifs is 1. The molecule has 176 valence electrons. The summed E-state index contributed by atoms with van der Waals surface area (Å²) in [5, 5.41) is 15.6. The molecule has 1 aliphatic carbocycles. The van der Waals surface area contributed by atoms with E-state index in [1.165, 1.54) is 19.3 Å². The van der Waals surface area contributed by atoms with Gasteiger partial charge in [0.2, 0.25) is 5.88 Å². The van der Waals surface area contributed by atoms with Crippen molar-refractivity contribution in [1.29, 1.82) is 0 Å². The summed E-state index contributed by atoms with van der Waals surface area (Å²) in [6.07, 6.45) is 7.71. The lowest BCUT2D eigenvalue weighted by Gasteiger charge is -2.39. The van der Waals surface area contributed by atoms with Gasteiger partial charge in [-0.1, -0.05) is 17.7 Å². The van der Waals surface area contributed by atoms with Crippen LogP contribution in [0.1, 0.15) is 29.4 Å². The van der Waals surface area contributed by atoms with E-state index >= 15 is 0 Å². The normalized spacial score (nSPS) is 26.1. The van der Waals surface area contributed by atoms with Crippen LogP contribution in [0.3, 0.4) is 0 Å². The molecule has 1 amide bonds. The second-order valence-electron chi connectivity index (χ2n) is 7.92. The van der Waals surface area contributed by atoms with Gasteiger partial charge in [-0.05, 0) is 19.4 Å². The number of thioether (sulfide) groups is 1. The van der Waals surface area contributed by atoms with Crippen LogP contribution in [0.2, 0.25) is 0 Å². The van der Waals surface area contributed by atoms with Crippen LogP contribution in [0.5, 0.6) is 5.88 Å². The number of aromatic nitrogens is 2. The molecule has 2 heterocycles. The predicted molar refractivity (Wildman–Crippen MR) is 121 cm³/mol. The molecule has 9 nitrogen and oxygen atoms in total. The molecule has 0 spiro atoms. The van der Waals surface area contributed by atoms with E-state index in [1.54, 1.807) is 6.92 Å². The Bertz CT molecular complexity index is 1250. The number of nitrogens with one attached hydrogen (secondary N) is 2. The summed E-state index contributed by atoms with van der Waals surface area (Å²) < 4.78 is 33.5. The predicted octanol–water partition coefficient (Wildman–Crippen LogP) is 2.40. The van der Waals surface area contributed by atoms with E-state index in [2.05, 4.69) is 31.5 Å². The van der Waals surface area contributed by atoms with Crippen LogP contribution in [0, 0.1) is 29.9 Å². The first-order valence-corrected chi connectivity index (χ1v) is 10.8. The number of carboxylic acids is 1. The maximum absolute atomic E-state index is 15.0. The number of aliphatic carboxylic acids is 1. The molecule has 1 aromatic carbocycles. The lowest BCUT2D eigenvalue weighted by atomic mass is 9.84. The van der Waals surface area contributed by atoms with Gasteiger partial charge in [-0.25, -0.2) is 18.7 Å². The van der Waals surface area contributed by atoms with Gasteiger partial charge in [-0.2, -0.15) is 0 Å². The number of nitrogens with zero attached hydrogens (tertiary/aromatic N) is 3. The average molecular weight is 487 g/mol. The number of aliphatic imine (C=N–C) groups is 1. The zero-order chi connectivity index (χ0) is 24.7. The van der Waals surface area contributed by atoms with Crippen molar-refractivity contribution in [3.05, 3.63) is 47.4 Å². The smallest absolute Gasteiger partial charge is 0.320 e. The average Bonchev–Trinajstić information content (AvgIpc) is 3.57. The number of amidine groups is 1. The van der Waals surface area contributed by atoms with Crippen molar-refractivity contribution < 1.29 is 28.2 Å². The first kappa shape index (κ1) is 23.4. The number of rotatable bonds is 6. The fraction of sp³-hybridized carbons (Fsp3) is 0.318. The fourth-order valence-electron chi connectivity index (χ4n) is 4.03. The van der Waals surface area contributed by atoms with E-state index in [-0.39, 0.29) is 35.9 Å². The van der Waals surface area contributed by atoms with Gasteiger partial charge in [0, 0.05) is 30.3 Å². The lowest BCUT2D eigenvalue weighted by Crippen LogP contribution is -2.52.